The van der Waals surface area contributed by atoms with Crippen molar-refractivity contribution in [1.29, 1.82) is 0 Å². The summed E-state index contributed by atoms with van der Waals surface area (Å²) in [6.45, 7) is 8.84. The van der Waals surface area contributed by atoms with Gasteiger partial charge in [0.25, 0.3) is 0 Å². The molecule has 0 aliphatic carbocycles. The van der Waals surface area contributed by atoms with Gasteiger partial charge < -0.3 is 5.32 Å². The van der Waals surface area contributed by atoms with Crippen molar-refractivity contribution in [1.82, 2.24) is 29.8 Å². The number of hydrogen-bond donors (Lipinski definition) is 1. The number of aryl methyl sites for hydroxylation is 3. The first-order valence-corrected chi connectivity index (χ1v) is 9.61. The molecule has 28 heavy (non-hydrogen) atoms. The lowest BCUT2D eigenvalue weighted by atomic mass is 10.1. The number of rotatable bonds is 5. The molecular weight excluding hydrogens is 350 g/mol. The lowest BCUT2D eigenvalue weighted by molar-refractivity contribution is 0.325. The second kappa shape index (κ2) is 7.98. The third-order valence-electron chi connectivity index (χ3n) is 4.86. The average molecular weight is 375 g/mol. The van der Waals surface area contributed by atoms with Gasteiger partial charge in [-0.25, -0.2) is 19.9 Å². The maximum Gasteiger partial charge on any atom is 0.228 e. The Morgan fingerprint density at radius 1 is 1.04 bits per heavy atom. The molecule has 0 spiro atoms. The van der Waals surface area contributed by atoms with Crippen LogP contribution in [0.15, 0.2) is 36.7 Å². The first kappa shape index (κ1) is 18.4. The number of aromatic nitrogens is 5. The number of hydrogen-bond acceptors (Lipinski definition) is 7. The molecule has 7 nitrogen and oxygen atoms in total. The second-order valence-corrected chi connectivity index (χ2v) is 7.43. The van der Waals surface area contributed by atoms with Crippen LogP contribution in [0.4, 0.5) is 11.8 Å². The number of likely N-dealkylation sites (tertiary alicyclic amines) is 1. The average Bonchev–Trinajstić information content (AvgIpc) is 3.10. The van der Waals surface area contributed by atoms with Crippen molar-refractivity contribution in [2.45, 2.75) is 39.7 Å². The lowest BCUT2D eigenvalue weighted by Gasteiger charge is -2.16. The van der Waals surface area contributed by atoms with E-state index < -0.39 is 0 Å². The van der Waals surface area contributed by atoms with Gasteiger partial charge in [-0.3, -0.25) is 9.88 Å². The standard InChI is InChI=1S/C21H25N7/c1-14-9-15(2)25-21(24-14)27-19-10-16(3)23-20(26-19)18-6-8-28(13-18)12-17-5-4-7-22-11-17/h4-5,7,9-11,18H,6,8,12-13H2,1-3H3,(H,23,24,25,26,27). The molecule has 1 aliphatic rings. The highest BCUT2D eigenvalue weighted by molar-refractivity contribution is 5.48. The van der Waals surface area contributed by atoms with Crippen LogP contribution in [0.5, 0.6) is 0 Å². The molecule has 1 fully saturated rings. The lowest BCUT2D eigenvalue weighted by Crippen LogP contribution is -2.20. The maximum atomic E-state index is 4.77. The Hall–Kier alpha value is -2.93. The van der Waals surface area contributed by atoms with Gasteiger partial charge >= 0.3 is 0 Å². The van der Waals surface area contributed by atoms with Crippen molar-refractivity contribution < 1.29 is 0 Å². The molecule has 4 rings (SSSR count). The van der Waals surface area contributed by atoms with Crippen LogP contribution in [0.3, 0.4) is 0 Å². The Bertz CT molecular complexity index is 938. The predicted molar refractivity (Wildman–Crippen MR) is 108 cm³/mol. The molecule has 144 valence electrons. The molecule has 0 amide bonds. The zero-order valence-corrected chi connectivity index (χ0v) is 16.6. The minimum absolute atomic E-state index is 0.331. The van der Waals surface area contributed by atoms with Gasteiger partial charge in [-0.1, -0.05) is 6.07 Å². The van der Waals surface area contributed by atoms with Gasteiger partial charge in [0.2, 0.25) is 5.95 Å². The SMILES string of the molecule is Cc1cc(C)nc(Nc2cc(C)nc(C3CCN(Cc4cccnc4)C3)n2)n1. The van der Waals surface area contributed by atoms with Crippen molar-refractivity contribution in [3.05, 3.63) is 65.1 Å². The Labute approximate surface area is 165 Å². The fourth-order valence-electron chi connectivity index (χ4n) is 3.67. The molecule has 3 aromatic heterocycles. The summed E-state index contributed by atoms with van der Waals surface area (Å²) in [6.07, 6.45) is 4.80. The van der Waals surface area contributed by atoms with E-state index in [1.165, 1.54) is 5.56 Å². The Morgan fingerprint density at radius 3 is 2.57 bits per heavy atom. The molecule has 0 radical (unpaired) electrons. The summed E-state index contributed by atoms with van der Waals surface area (Å²) in [5, 5.41) is 3.25. The van der Waals surface area contributed by atoms with E-state index in [0.717, 1.165) is 54.8 Å². The van der Waals surface area contributed by atoms with Gasteiger partial charge in [-0.15, -0.1) is 0 Å². The summed E-state index contributed by atoms with van der Waals surface area (Å²) >= 11 is 0. The summed E-state index contributed by atoms with van der Waals surface area (Å²) in [4.78, 5) is 25.0. The number of anilines is 2. The number of pyridine rings is 1. The number of nitrogens with zero attached hydrogens (tertiary/aromatic N) is 6. The maximum absolute atomic E-state index is 4.77. The third-order valence-corrected chi connectivity index (χ3v) is 4.86. The molecule has 1 atom stereocenters. The summed E-state index contributed by atoms with van der Waals surface area (Å²) in [5.74, 6) is 2.54. The van der Waals surface area contributed by atoms with E-state index in [2.05, 4.69) is 31.2 Å². The zero-order chi connectivity index (χ0) is 19.5. The first-order valence-electron chi connectivity index (χ1n) is 9.61. The van der Waals surface area contributed by atoms with Crippen LogP contribution >= 0.6 is 0 Å². The van der Waals surface area contributed by atoms with Gasteiger partial charge in [-0.2, -0.15) is 0 Å². The Morgan fingerprint density at radius 2 is 1.82 bits per heavy atom. The Balaban J connectivity index is 1.48. The van der Waals surface area contributed by atoms with E-state index in [-0.39, 0.29) is 0 Å². The molecule has 1 aliphatic heterocycles. The van der Waals surface area contributed by atoms with Gasteiger partial charge in [0, 0.05) is 54.5 Å². The van der Waals surface area contributed by atoms with E-state index in [4.69, 9.17) is 9.97 Å². The monoisotopic (exact) mass is 375 g/mol. The highest BCUT2D eigenvalue weighted by atomic mass is 15.2. The van der Waals surface area contributed by atoms with Gasteiger partial charge in [0.15, 0.2) is 0 Å². The van der Waals surface area contributed by atoms with Crippen LogP contribution in [0.25, 0.3) is 0 Å². The van der Waals surface area contributed by atoms with Crippen LogP contribution in [0, 0.1) is 20.8 Å². The van der Waals surface area contributed by atoms with E-state index in [1.807, 2.05) is 51.4 Å². The smallest absolute Gasteiger partial charge is 0.228 e. The fourth-order valence-corrected chi connectivity index (χ4v) is 3.67. The molecule has 0 saturated carbocycles. The van der Waals surface area contributed by atoms with E-state index in [0.29, 0.717) is 11.9 Å². The van der Waals surface area contributed by atoms with Crippen LogP contribution in [0.2, 0.25) is 0 Å². The summed E-state index contributed by atoms with van der Waals surface area (Å²) in [5.41, 5.74) is 4.05. The fraction of sp³-hybridized carbons (Fsp3) is 0.381. The summed E-state index contributed by atoms with van der Waals surface area (Å²) < 4.78 is 0. The van der Waals surface area contributed by atoms with E-state index in [1.54, 1.807) is 0 Å². The summed E-state index contributed by atoms with van der Waals surface area (Å²) in [6, 6.07) is 8.00. The molecule has 1 unspecified atom stereocenters. The van der Waals surface area contributed by atoms with E-state index >= 15 is 0 Å². The van der Waals surface area contributed by atoms with Crippen molar-refractivity contribution >= 4 is 11.8 Å². The molecule has 0 bridgehead atoms. The molecule has 1 N–H and O–H groups in total. The normalized spacial score (nSPS) is 17.0. The van der Waals surface area contributed by atoms with Crippen LogP contribution in [0.1, 0.15) is 40.8 Å². The van der Waals surface area contributed by atoms with Crippen LogP contribution < -0.4 is 5.32 Å². The molecule has 7 heteroatoms. The largest absolute Gasteiger partial charge is 0.309 e. The van der Waals surface area contributed by atoms with E-state index in [9.17, 15) is 0 Å². The molecule has 3 aromatic rings. The molecule has 0 aromatic carbocycles. The second-order valence-electron chi connectivity index (χ2n) is 7.43. The van der Waals surface area contributed by atoms with Crippen molar-refractivity contribution in [2.24, 2.45) is 0 Å². The first-order chi connectivity index (χ1) is 13.5. The van der Waals surface area contributed by atoms with Crippen LogP contribution in [-0.2, 0) is 6.54 Å². The predicted octanol–water partition coefficient (Wildman–Crippen LogP) is 3.32. The van der Waals surface area contributed by atoms with Gasteiger partial charge in [0.1, 0.15) is 11.6 Å². The van der Waals surface area contributed by atoms with Crippen molar-refractivity contribution in [2.75, 3.05) is 18.4 Å². The molecular formula is C21H25N7. The highest BCUT2D eigenvalue weighted by Crippen LogP contribution is 2.27. The minimum atomic E-state index is 0.331. The number of nitrogens with one attached hydrogen (secondary N) is 1. The van der Waals surface area contributed by atoms with Crippen molar-refractivity contribution in [3.8, 4) is 0 Å². The minimum Gasteiger partial charge on any atom is -0.309 e. The topological polar surface area (TPSA) is 79.7 Å². The summed E-state index contributed by atoms with van der Waals surface area (Å²) in [7, 11) is 0. The Kier molecular flexibility index (Phi) is 5.25. The van der Waals surface area contributed by atoms with Gasteiger partial charge in [0.05, 0.1) is 0 Å². The molecule has 1 saturated heterocycles. The quantitative estimate of drug-likeness (QED) is 0.733. The zero-order valence-electron chi connectivity index (χ0n) is 16.6. The van der Waals surface area contributed by atoms with Crippen molar-refractivity contribution in [3.63, 3.8) is 0 Å². The highest BCUT2D eigenvalue weighted by Gasteiger charge is 2.26. The molecule has 4 heterocycles. The van der Waals surface area contributed by atoms with Crippen LogP contribution in [-0.4, -0.2) is 42.9 Å². The third kappa shape index (κ3) is 4.48. The van der Waals surface area contributed by atoms with Gasteiger partial charge in [-0.05, 0) is 51.4 Å².